The molecular formula is C17H19N. The maximum absolute atomic E-state index is 5.81. The van der Waals surface area contributed by atoms with Gasteiger partial charge in [0.25, 0.3) is 0 Å². The van der Waals surface area contributed by atoms with Crippen molar-refractivity contribution in [2.24, 2.45) is 5.73 Å². The summed E-state index contributed by atoms with van der Waals surface area (Å²) in [4.78, 5) is 0. The minimum absolute atomic E-state index is 0.295. The smallest absolute Gasteiger partial charge is 0.0144 e. The molecule has 0 aliphatic heterocycles. The fraction of sp³-hybridized carbons (Fsp3) is 0.176. The van der Waals surface area contributed by atoms with E-state index < -0.39 is 0 Å². The Hall–Kier alpha value is -2.02. The van der Waals surface area contributed by atoms with Crippen LogP contribution in [0, 0.1) is 6.92 Å². The highest BCUT2D eigenvalue weighted by Gasteiger charge is 2.14. The highest BCUT2D eigenvalue weighted by molar-refractivity contribution is 5.35. The Morgan fingerprint density at radius 1 is 1.06 bits per heavy atom. The third-order valence-corrected chi connectivity index (χ3v) is 3.11. The summed E-state index contributed by atoms with van der Waals surface area (Å²) in [5.74, 6) is 0.295. The third kappa shape index (κ3) is 3.01. The Morgan fingerprint density at radius 2 is 1.72 bits per heavy atom. The van der Waals surface area contributed by atoms with Gasteiger partial charge in [0.1, 0.15) is 0 Å². The number of allylic oxidation sites excluding steroid dienone is 1. The van der Waals surface area contributed by atoms with Crippen molar-refractivity contribution in [1.29, 1.82) is 0 Å². The van der Waals surface area contributed by atoms with Crippen molar-refractivity contribution in [2.75, 3.05) is 0 Å². The van der Waals surface area contributed by atoms with Gasteiger partial charge < -0.3 is 5.73 Å². The largest absolute Gasteiger partial charge is 0.402 e. The molecule has 2 N–H and O–H groups in total. The molecule has 0 aromatic heterocycles. The Kier molecular flexibility index (Phi) is 3.83. The molecule has 1 nitrogen and oxygen atoms in total. The second-order valence-electron chi connectivity index (χ2n) is 4.74. The first kappa shape index (κ1) is 12.4. The van der Waals surface area contributed by atoms with E-state index in [1.165, 1.54) is 16.7 Å². The fourth-order valence-corrected chi connectivity index (χ4v) is 2.26. The molecule has 0 heterocycles. The zero-order valence-corrected chi connectivity index (χ0v) is 10.8. The van der Waals surface area contributed by atoms with Gasteiger partial charge in [-0.1, -0.05) is 66.7 Å². The molecule has 1 unspecified atom stereocenters. The van der Waals surface area contributed by atoms with E-state index >= 15 is 0 Å². The normalized spacial score (nSPS) is 12.1. The van der Waals surface area contributed by atoms with Crippen LogP contribution in [0.4, 0.5) is 0 Å². The van der Waals surface area contributed by atoms with Crippen molar-refractivity contribution in [3.63, 3.8) is 0 Å². The lowest BCUT2D eigenvalue weighted by atomic mass is 9.87. The van der Waals surface area contributed by atoms with Gasteiger partial charge in [-0.15, -0.1) is 0 Å². The standard InChI is InChI=1S/C17H19N/c1-13-7-6-10-16(11-13)17(12-14(2)18)15-8-4-3-5-9-15/h3-11,17H,2,12,18H2,1H3. The summed E-state index contributed by atoms with van der Waals surface area (Å²) >= 11 is 0. The van der Waals surface area contributed by atoms with Crippen LogP contribution < -0.4 is 5.73 Å². The molecule has 0 spiro atoms. The zero-order chi connectivity index (χ0) is 13.0. The van der Waals surface area contributed by atoms with E-state index in [0.717, 1.165) is 12.1 Å². The molecule has 0 amide bonds. The lowest BCUT2D eigenvalue weighted by Gasteiger charge is -2.18. The van der Waals surface area contributed by atoms with Crippen LogP contribution in [0.25, 0.3) is 0 Å². The topological polar surface area (TPSA) is 26.0 Å². The van der Waals surface area contributed by atoms with Crippen molar-refractivity contribution in [3.05, 3.63) is 83.6 Å². The van der Waals surface area contributed by atoms with Crippen molar-refractivity contribution in [2.45, 2.75) is 19.3 Å². The minimum Gasteiger partial charge on any atom is -0.402 e. The number of benzene rings is 2. The number of hydrogen-bond donors (Lipinski definition) is 1. The summed E-state index contributed by atoms with van der Waals surface area (Å²) in [6.07, 6.45) is 0.785. The van der Waals surface area contributed by atoms with E-state index in [9.17, 15) is 0 Å². The molecular weight excluding hydrogens is 218 g/mol. The summed E-state index contributed by atoms with van der Waals surface area (Å²) in [6.45, 7) is 5.96. The SMILES string of the molecule is C=C(N)CC(c1ccccc1)c1cccc(C)c1. The first-order chi connectivity index (χ1) is 8.66. The summed E-state index contributed by atoms with van der Waals surface area (Å²) in [6, 6.07) is 19.1. The maximum Gasteiger partial charge on any atom is 0.0144 e. The van der Waals surface area contributed by atoms with Gasteiger partial charge in [-0.05, 0) is 24.5 Å². The van der Waals surface area contributed by atoms with Crippen LogP contribution in [-0.4, -0.2) is 0 Å². The molecule has 0 bridgehead atoms. The molecule has 1 heteroatoms. The second-order valence-corrected chi connectivity index (χ2v) is 4.74. The van der Waals surface area contributed by atoms with Crippen molar-refractivity contribution >= 4 is 0 Å². The van der Waals surface area contributed by atoms with Crippen LogP contribution in [0.1, 0.15) is 29.0 Å². The lowest BCUT2D eigenvalue weighted by Crippen LogP contribution is -2.06. The van der Waals surface area contributed by atoms with Crippen LogP contribution in [0.5, 0.6) is 0 Å². The molecule has 0 aliphatic carbocycles. The van der Waals surface area contributed by atoms with Crippen LogP contribution in [0.15, 0.2) is 66.9 Å². The molecule has 2 aromatic rings. The molecule has 18 heavy (non-hydrogen) atoms. The molecule has 0 radical (unpaired) electrons. The Bertz CT molecular complexity index is 528. The summed E-state index contributed by atoms with van der Waals surface area (Å²) in [7, 11) is 0. The minimum atomic E-state index is 0.295. The first-order valence-electron chi connectivity index (χ1n) is 6.21. The highest BCUT2D eigenvalue weighted by atomic mass is 14.6. The number of rotatable bonds is 4. The molecule has 0 fully saturated rings. The van der Waals surface area contributed by atoms with Gasteiger partial charge in [-0.3, -0.25) is 0 Å². The summed E-state index contributed by atoms with van der Waals surface area (Å²) in [5, 5.41) is 0. The van der Waals surface area contributed by atoms with Crippen molar-refractivity contribution in [3.8, 4) is 0 Å². The van der Waals surface area contributed by atoms with E-state index in [2.05, 4.69) is 62.0 Å². The van der Waals surface area contributed by atoms with E-state index in [4.69, 9.17) is 5.73 Å². The van der Waals surface area contributed by atoms with Crippen LogP contribution in [-0.2, 0) is 0 Å². The third-order valence-electron chi connectivity index (χ3n) is 3.11. The van der Waals surface area contributed by atoms with Crippen LogP contribution in [0.3, 0.4) is 0 Å². The quantitative estimate of drug-likeness (QED) is 0.855. The highest BCUT2D eigenvalue weighted by Crippen LogP contribution is 2.29. The van der Waals surface area contributed by atoms with Crippen molar-refractivity contribution < 1.29 is 0 Å². The average molecular weight is 237 g/mol. The number of hydrogen-bond acceptors (Lipinski definition) is 1. The van der Waals surface area contributed by atoms with Gasteiger partial charge in [-0.25, -0.2) is 0 Å². The maximum atomic E-state index is 5.81. The summed E-state index contributed by atoms with van der Waals surface area (Å²) in [5.41, 5.74) is 10.4. The molecule has 0 saturated heterocycles. The van der Waals surface area contributed by atoms with E-state index in [1.54, 1.807) is 0 Å². The van der Waals surface area contributed by atoms with Gasteiger partial charge in [0, 0.05) is 11.6 Å². The van der Waals surface area contributed by atoms with E-state index in [1.807, 2.05) is 6.07 Å². The molecule has 0 aliphatic rings. The lowest BCUT2D eigenvalue weighted by molar-refractivity contribution is 0.790. The van der Waals surface area contributed by atoms with E-state index in [0.29, 0.717) is 5.92 Å². The van der Waals surface area contributed by atoms with Crippen molar-refractivity contribution in [1.82, 2.24) is 0 Å². The van der Waals surface area contributed by atoms with E-state index in [-0.39, 0.29) is 0 Å². The average Bonchev–Trinajstić information content (AvgIpc) is 2.37. The summed E-state index contributed by atoms with van der Waals surface area (Å²) < 4.78 is 0. The molecule has 2 rings (SSSR count). The van der Waals surface area contributed by atoms with Gasteiger partial charge in [-0.2, -0.15) is 0 Å². The first-order valence-corrected chi connectivity index (χ1v) is 6.21. The molecule has 2 aromatic carbocycles. The second kappa shape index (κ2) is 5.54. The predicted molar refractivity (Wildman–Crippen MR) is 77.4 cm³/mol. The zero-order valence-electron chi connectivity index (χ0n) is 10.8. The van der Waals surface area contributed by atoms with Gasteiger partial charge in [0.05, 0.1) is 0 Å². The van der Waals surface area contributed by atoms with Crippen LogP contribution >= 0.6 is 0 Å². The Labute approximate surface area is 109 Å². The molecule has 1 atom stereocenters. The van der Waals surface area contributed by atoms with Gasteiger partial charge in [0.15, 0.2) is 0 Å². The van der Waals surface area contributed by atoms with Gasteiger partial charge in [0.2, 0.25) is 0 Å². The monoisotopic (exact) mass is 237 g/mol. The molecule has 0 saturated carbocycles. The Balaban J connectivity index is 2.40. The van der Waals surface area contributed by atoms with Gasteiger partial charge >= 0.3 is 0 Å². The fourth-order valence-electron chi connectivity index (χ4n) is 2.26. The number of nitrogens with two attached hydrogens (primary N) is 1. The Morgan fingerprint density at radius 3 is 2.33 bits per heavy atom. The predicted octanol–water partition coefficient (Wildman–Crippen LogP) is 3.99. The number of aryl methyl sites for hydroxylation is 1. The molecule has 92 valence electrons. The van der Waals surface area contributed by atoms with Crippen LogP contribution in [0.2, 0.25) is 0 Å².